The molecule has 1 fully saturated rings. The molecule has 1 aliphatic carbocycles. The number of fused-ring (bicyclic) bond motifs is 1. The van der Waals surface area contributed by atoms with Crippen LogP contribution in [0.1, 0.15) is 27.0 Å². The van der Waals surface area contributed by atoms with Crippen LogP contribution in [0.5, 0.6) is 5.75 Å². The Hall–Kier alpha value is -2.04. The number of aryl methyl sites for hydroxylation is 1. The molecule has 2 aliphatic rings. The number of ketones is 1. The molecule has 0 radical (unpaired) electrons. The first-order chi connectivity index (χ1) is 13.1. The van der Waals surface area contributed by atoms with E-state index in [0.29, 0.717) is 0 Å². The first kappa shape index (κ1) is 18.3. The highest BCUT2D eigenvalue weighted by Gasteiger charge is 2.33. The van der Waals surface area contributed by atoms with Gasteiger partial charge in [-0.05, 0) is 60.7 Å². The molecule has 0 bridgehead atoms. The fourth-order valence-electron chi connectivity index (χ4n) is 4.12. The van der Waals surface area contributed by atoms with E-state index in [4.69, 9.17) is 21.1 Å². The number of hydrogen-bond acceptors (Lipinski definition) is 4. The van der Waals surface area contributed by atoms with Crippen molar-refractivity contribution in [2.24, 2.45) is 5.92 Å². The molecule has 2 aromatic rings. The van der Waals surface area contributed by atoms with Crippen molar-refractivity contribution in [3.8, 4) is 5.75 Å². The van der Waals surface area contributed by atoms with Crippen LogP contribution in [0.2, 0.25) is 5.02 Å². The van der Waals surface area contributed by atoms with E-state index < -0.39 is 0 Å². The maximum atomic E-state index is 13.0. The van der Waals surface area contributed by atoms with Gasteiger partial charge in [0, 0.05) is 29.6 Å². The van der Waals surface area contributed by atoms with Crippen LogP contribution < -0.4 is 9.64 Å². The number of hydrogen-bond donors (Lipinski definition) is 0. The van der Waals surface area contributed by atoms with Gasteiger partial charge >= 0.3 is 0 Å². The minimum absolute atomic E-state index is 0.0236. The Morgan fingerprint density at radius 2 is 2.00 bits per heavy atom. The van der Waals surface area contributed by atoms with Crippen LogP contribution in [0.15, 0.2) is 30.3 Å². The van der Waals surface area contributed by atoms with Crippen LogP contribution in [-0.2, 0) is 17.6 Å². The molecule has 0 amide bonds. The number of Topliss-reactive ketones (excluding diaryl/α,β-unsaturated/α-hetero) is 1. The molecule has 1 unspecified atom stereocenters. The van der Waals surface area contributed by atoms with Gasteiger partial charge in [-0.25, -0.2) is 0 Å². The van der Waals surface area contributed by atoms with Crippen molar-refractivity contribution in [1.82, 2.24) is 0 Å². The topological polar surface area (TPSA) is 38.8 Å². The summed E-state index contributed by atoms with van der Waals surface area (Å²) in [5.41, 5.74) is 5.32. The van der Waals surface area contributed by atoms with Gasteiger partial charge in [0.25, 0.3) is 0 Å². The molecular weight excluding hydrogens is 362 g/mol. The third kappa shape index (κ3) is 3.56. The molecule has 0 aromatic heterocycles. The van der Waals surface area contributed by atoms with Crippen LogP contribution >= 0.6 is 11.6 Å². The first-order valence-electron chi connectivity index (χ1n) is 9.39. The Morgan fingerprint density at radius 3 is 2.70 bits per heavy atom. The van der Waals surface area contributed by atoms with Gasteiger partial charge in [-0.15, -0.1) is 0 Å². The standard InChI is InChI=1S/C22H24ClNO3/c1-14-9-18(23)4-3-15(14)10-17-11-16-12-20(24-5-7-27-8-6-24)21(26-2)13-19(16)22(17)25/h3-4,9,12-13,17H,5-8,10-11H2,1-2H3. The summed E-state index contributed by atoms with van der Waals surface area (Å²) < 4.78 is 11.1. The van der Waals surface area contributed by atoms with Gasteiger partial charge in [0.1, 0.15) is 5.75 Å². The van der Waals surface area contributed by atoms with Gasteiger partial charge in [-0.3, -0.25) is 4.79 Å². The number of anilines is 1. The average molecular weight is 386 g/mol. The van der Waals surface area contributed by atoms with Crippen LogP contribution in [-0.4, -0.2) is 39.2 Å². The summed E-state index contributed by atoms with van der Waals surface area (Å²) in [7, 11) is 1.67. The van der Waals surface area contributed by atoms with Gasteiger partial charge in [0.2, 0.25) is 0 Å². The maximum absolute atomic E-state index is 13.0. The van der Waals surface area contributed by atoms with Gasteiger partial charge in [-0.1, -0.05) is 17.7 Å². The Bertz CT molecular complexity index is 874. The lowest BCUT2D eigenvalue weighted by Gasteiger charge is -2.30. The molecule has 142 valence electrons. The quantitative estimate of drug-likeness (QED) is 0.794. The molecule has 2 aromatic carbocycles. The van der Waals surface area contributed by atoms with Crippen LogP contribution in [0.4, 0.5) is 5.69 Å². The Morgan fingerprint density at radius 1 is 1.22 bits per heavy atom. The minimum atomic E-state index is -0.0236. The van der Waals surface area contributed by atoms with Gasteiger partial charge in [0.15, 0.2) is 5.78 Å². The predicted molar refractivity (Wildman–Crippen MR) is 107 cm³/mol. The van der Waals surface area contributed by atoms with E-state index in [0.717, 1.165) is 72.3 Å². The van der Waals surface area contributed by atoms with E-state index in [1.165, 1.54) is 5.56 Å². The minimum Gasteiger partial charge on any atom is -0.495 e. The van der Waals surface area contributed by atoms with Crippen LogP contribution in [0.3, 0.4) is 0 Å². The molecule has 1 heterocycles. The smallest absolute Gasteiger partial charge is 0.167 e. The van der Waals surface area contributed by atoms with E-state index in [2.05, 4.69) is 11.0 Å². The summed E-state index contributed by atoms with van der Waals surface area (Å²) in [6.07, 6.45) is 1.52. The number of benzene rings is 2. The molecule has 1 aliphatic heterocycles. The second kappa shape index (κ2) is 7.53. The van der Waals surface area contributed by atoms with Crippen molar-refractivity contribution < 1.29 is 14.3 Å². The number of carbonyl (C=O) groups excluding carboxylic acids is 1. The number of carbonyl (C=O) groups is 1. The van der Waals surface area contributed by atoms with Crippen LogP contribution in [0.25, 0.3) is 0 Å². The SMILES string of the molecule is COc1cc2c(cc1N1CCOCC1)CC(Cc1ccc(Cl)cc1C)C2=O. The first-order valence-corrected chi connectivity index (χ1v) is 9.77. The van der Waals surface area contributed by atoms with Crippen molar-refractivity contribution in [3.05, 3.63) is 57.6 Å². The van der Waals surface area contributed by atoms with Crippen molar-refractivity contribution in [1.29, 1.82) is 0 Å². The van der Waals surface area contributed by atoms with Crippen molar-refractivity contribution in [2.75, 3.05) is 38.3 Å². The van der Waals surface area contributed by atoms with Gasteiger partial charge < -0.3 is 14.4 Å². The van der Waals surface area contributed by atoms with Gasteiger partial charge in [0.05, 0.1) is 26.0 Å². The molecule has 0 N–H and O–H groups in total. The highest BCUT2D eigenvalue weighted by molar-refractivity contribution is 6.30. The molecule has 0 spiro atoms. The number of ether oxygens (including phenoxy) is 2. The van der Waals surface area contributed by atoms with E-state index in [9.17, 15) is 4.79 Å². The molecule has 4 rings (SSSR count). The Kier molecular flexibility index (Phi) is 5.11. The van der Waals surface area contributed by atoms with E-state index in [1.807, 2.05) is 31.2 Å². The average Bonchev–Trinajstić information content (AvgIpc) is 2.98. The molecule has 1 saturated heterocycles. The molecule has 5 heteroatoms. The van der Waals surface area contributed by atoms with Crippen molar-refractivity contribution in [2.45, 2.75) is 19.8 Å². The zero-order valence-corrected chi connectivity index (χ0v) is 16.5. The Labute approximate surface area is 165 Å². The molecule has 0 saturated carbocycles. The summed E-state index contributed by atoms with van der Waals surface area (Å²) in [6.45, 7) is 5.18. The number of rotatable bonds is 4. The lowest BCUT2D eigenvalue weighted by Crippen LogP contribution is -2.36. The highest BCUT2D eigenvalue weighted by Crippen LogP contribution is 2.38. The maximum Gasteiger partial charge on any atom is 0.167 e. The number of methoxy groups -OCH3 is 1. The van der Waals surface area contributed by atoms with E-state index in [1.54, 1.807) is 7.11 Å². The Balaban J connectivity index is 1.61. The summed E-state index contributed by atoms with van der Waals surface area (Å²) in [5.74, 6) is 0.961. The summed E-state index contributed by atoms with van der Waals surface area (Å²) >= 11 is 6.07. The zero-order chi connectivity index (χ0) is 19.0. The normalized spacial score (nSPS) is 19.3. The number of morpholine rings is 1. The van der Waals surface area contributed by atoms with Crippen molar-refractivity contribution >= 4 is 23.1 Å². The van der Waals surface area contributed by atoms with Crippen molar-refractivity contribution in [3.63, 3.8) is 0 Å². The molecule has 4 nitrogen and oxygen atoms in total. The summed E-state index contributed by atoms with van der Waals surface area (Å²) in [4.78, 5) is 15.3. The third-order valence-corrected chi connectivity index (χ3v) is 5.87. The molecule has 1 atom stereocenters. The fourth-order valence-corrected chi connectivity index (χ4v) is 4.35. The van der Waals surface area contributed by atoms with E-state index >= 15 is 0 Å². The van der Waals surface area contributed by atoms with Gasteiger partial charge in [-0.2, -0.15) is 0 Å². The number of halogens is 1. The van der Waals surface area contributed by atoms with Crippen LogP contribution in [0, 0.1) is 12.8 Å². The van der Waals surface area contributed by atoms with E-state index in [-0.39, 0.29) is 11.7 Å². The monoisotopic (exact) mass is 385 g/mol. The fraction of sp³-hybridized carbons (Fsp3) is 0.409. The highest BCUT2D eigenvalue weighted by atomic mass is 35.5. The third-order valence-electron chi connectivity index (χ3n) is 5.63. The molecule has 27 heavy (non-hydrogen) atoms. The molecular formula is C22H24ClNO3. The lowest BCUT2D eigenvalue weighted by molar-refractivity contribution is 0.0936. The number of nitrogens with zero attached hydrogens (tertiary/aromatic N) is 1. The summed E-state index contributed by atoms with van der Waals surface area (Å²) in [6, 6.07) is 9.97. The summed E-state index contributed by atoms with van der Waals surface area (Å²) in [5, 5.41) is 0.733. The predicted octanol–water partition coefficient (Wildman–Crippen LogP) is 4.09. The second-order valence-electron chi connectivity index (χ2n) is 7.32. The largest absolute Gasteiger partial charge is 0.495 e. The lowest BCUT2D eigenvalue weighted by atomic mass is 9.93. The zero-order valence-electron chi connectivity index (χ0n) is 15.8. The second-order valence-corrected chi connectivity index (χ2v) is 7.76.